The molecule has 0 aromatic heterocycles. The van der Waals surface area contributed by atoms with Crippen LogP contribution in [0.2, 0.25) is 0 Å². The first-order chi connectivity index (χ1) is 8.40. The highest BCUT2D eigenvalue weighted by Gasteiger charge is 2.23. The topological polar surface area (TPSA) is 12.0 Å². The molecule has 94 valence electrons. The summed E-state index contributed by atoms with van der Waals surface area (Å²) in [5.41, 5.74) is 1.48. The van der Waals surface area contributed by atoms with E-state index in [0.717, 1.165) is 18.5 Å². The Morgan fingerprint density at radius 1 is 1.18 bits per heavy atom. The van der Waals surface area contributed by atoms with Crippen molar-refractivity contribution in [1.82, 2.24) is 5.32 Å². The van der Waals surface area contributed by atoms with Crippen LogP contribution in [-0.4, -0.2) is 12.6 Å². The minimum atomic E-state index is 0.739. The molecule has 1 aromatic carbocycles. The van der Waals surface area contributed by atoms with E-state index in [1.54, 1.807) is 0 Å². The van der Waals surface area contributed by atoms with E-state index in [0.29, 0.717) is 0 Å². The average Bonchev–Trinajstić information content (AvgIpc) is 2.89. The average molecular weight is 231 g/mol. The molecule has 1 fully saturated rings. The summed E-state index contributed by atoms with van der Waals surface area (Å²) < 4.78 is 0. The van der Waals surface area contributed by atoms with Crippen molar-refractivity contribution in [2.24, 2.45) is 5.92 Å². The van der Waals surface area contributed by atoms with Gasteiger partial charge in [0, 0.05) is 6.04 Å². The SMILES string of the molecule is CCNC(CCc1ccccc1)C1CCCC1. The van der Waals surface area contributed by atoms with E-state index in [-0.39, 0.29) is 0 Å². The predicted octanol–water partition coefficient (Wildman–Crippen LogP) is 3.79. The highest BCUT2D eigenvalue weighted by atomic mass is 14.9. The van der Waals surface area contributed by atoms with Gasteiger partial charge in [-0.15, -0.1) is 0 Å². The van der Waals surface area contributed by atoms with E-state index in [4.69, 9.17) is 0 Å². The van der Waals surface area contributed by atoms with Crippen LogP contribution in [-0.2, 0) is 6.42 Å². The van der Waals surface area contributed by atoms with E-state index in [9.17, 15) is 0 Å². The third kappa shape index (κ3) is 3.85. The highest BCUT2D eigenvalue weighted by Crippen LogP contribution is 2.29. The summed E-state index contributed by atoms with van der Waals surface area (Å²) in [6.07, 6.45) is 8.27. The Morgan fingerprint density at radius 3 is 2.53 bits per heavy atom. The normalized spacial score (nSPS) is 18.4. The van der Waals surface area contributed by atoms with Gasteiger partial charge in [0.05, 0.1) is 0 Å². The second-order valence-electron chi connectivity index (χ2n) is 5.23. The molecule has 0 aliphatic heterocycles. The largest absolute Gasteiger partial charge is 0.314 e. The molecule has 1 N–H and O–H groups in total. The lowest BCUT2D eigenvalue weighted by atomic mass is 9.92. The summed E-state index contributed by atoms with van der Waals surface area (Å²) in [4.78, 5) is 0. The van der Waals surface area contributed by atoms with E-state index in [1.165, 1.54) is 44.1 Å². The van der Waals surface area contributed by atoms with Gasteiger partial charge in [-0.05, 0) is 43.7 Å². The van der Waals surface area contributed by atoms with Crippen molar-refractivity contribution in [3.8, 4) is 0 Å². The van der Waals surface area contributed by atoms with Gasteiger partial charge in [-0.3, -0.25) is 0 Å². The molecule has 0 spiro atoms. The van der Waals surface area contributed by atoms with Crippen molar-refractivity contribution in [3.05, 3.63) is 35.9 Å². The van der Waals surface area contributed by atoms with Crippen molar-refractivity contribution in [1.29, 1.82) is 0 Å². The zero-order valence-electron chi connectivity index (χ0n) is 11.0. The smallest absolute Gasteiger partial charge is 0.00983 e. The Morgan fingerprint density at radius 2 is 1.88 bits per heavy atom. The second-order valence-corrected chi connectivity index (χ2v) is 5.23. The zero-order chi connectivity index (χ0) is 11.9. The third-order valence-corrected chi connectivity index (χ3v) is 4.02. The lowest BCUT2D eigenvalue weighted by molar-refractivity contribution is 0.346. The fourth-order valence-corrected chi connectivity index (χ4v) is 3.09. The number of rotatable bonds is 6. The molecule has 1 aliphatic carbocycles. The molecule has 1 heteroatoms. The second kappa shape index (κ2) is 6.80. The molecule has 1 unspecified atom stereocenters. The van der Waals surface area contributed by atoms with Gasteiger partial charge in [0.25, 0.3) is 0 Å². The van der Waals surface area contributed by atoms with Crippen molar-refractivity contribution in [3.63, 3.8) is 0 Å². The minimum Gasteiger partial charge on any atom is -0.314 e. The number of hydrogen-bond donors (Lipinski definition) is 1. The summed E-state index contributed by atoms with van der Waals surface area (Å²) in [7, 11) is 0. The van der Waals surface area contributed by atoms with Gasteiger partial charge in [-0.2, -0.15) is 0 Å². The molecule has 0 amide bonds. The summed E-state index contributed by atoms with van der Waals surface area (Å²) in [5, 5.41) is 3.69. The first-order valence-corrected chi connectivity index (χ1v) is 7.17. The van der Waals surface area contributed by atoms with Crippen LogP contribution in [0.1, 0.15) is 44.6 Å². The molecule has 2 rings (SSSR count). The Bertz CT molecular complexity index is 301. The van der Waals surface area contributed by atoms with Crippen LogP contribution >= 0.6 is 0 Å². The minimum absolute atomic E-state index is 0.739. The lowest BCUT2D eigenvalue weighted by Crippen LogP contribution is -2.35. The van der Waals surface area contributed by atoms with E-state index in [1.807, 2.05) is 0 Å². The van der Waals surface area contributed by atoms with Crippen LogP contribution in [0.3, 0.4) is 0 Å². The fourth-order valence-electron chi connectivity index (χ4n) is 3.09. The molecule has 0 bridgehead atoms. The van der Waals surface area contributed by atoms with E-state index < -0.39 is 0 Å². The molecule has 1 aromatic rings. The Balaban J connectivity index is 1.84. The molecule has 1 atom stereocenters. The molecule has 0 saturated heterocycles. The number of hydrogen-bond acceptors (Lipinski definition) is 1. The van der Waals surface area contributed by atoms with Crippen molar-refractivity contribution < 1.29 is 0 Å². The lowest BCUT2D eigenvalue weighted by Gasteiger charge is -2.24. The molecule has 0 heterocycles. The first kappa shape index (κ1) is 12.6. The Kier molecular flexibility index (Phi) is 5.06. The van der Waals surface area contributed by atoms with Gasteiger partial charge in [0.1, 0.15) is 0 Å². The quantitative estimate of drug-likeness (QED) is 0.785. The Hall–Kier alpha value is -0.820. The molecular formula is C16H25N. The summed E-state index contributed by atoms with van der Waals surface area (Å²) in [6, 6.07) is 11.6. The van der Waals surface area contributed by atoms with Gasteiger partial charge >= 0.3 is 0 Å². The van der Waals surface area contributed by atoms with Gasteiger partial charge in [-0.1, -0.05) is 50.1 Å². The summed E-state index contributed by atoms with van der Waals surface area (Å²) >= 11 is 0. The maximum Gasteiger partial charge on any atom is 0.00983 e. The Labute approximate surface area is 106 Å². The van der Waals surface area contributed by atoms with Crippen LogP contribution in [0.25, 0.3) is 0 Å². The molecule has 1 saturated carbocycles. The van der Waals surface area contributed by atoms with Crippen LogP contribution in [0.4, 0.5) is 0 Å². The third-order valence-electron chi connectivity index (χ3n) is 4.02. The van der Waals surface area contributed by atoms with Crippen molar-refractivity contribution in [2.45, 2.75) is 51.5 Å². The van der Waals surface area contributed by atoms with Gasteiger partial charge < -0.3 is 5.32 Å². The molecule has 1 aliphatic rings. The number of benzene rings is 1. The molecule has 1 nitrogen and oxygen atoms in total. The molecular weight excluding hydrogens is 206 g/mol. The van der Waals surface area contributed by atoms with Crippen LogP contribution in [0, 0.1) is 5.92 Å². The van der Waals surface area contributed by atoms with Crippen molar-refractivity contribution >= 4 is 0 Å². The number of nitrogens with one attached hydrogen (secondary N) is 1. The van der Waals surface area contributed by atoms with E-state index >= 15 is 0 Å². The molecule has 17 heavy (non-hydrogen) atoms. The fraction of sp³-hybridized carbons (Fsp3) is 0.625. The molecule has 0 radical (unpaired) electrons. The number of aryl methyl sites for hydroxylation is 1. The summed E-state index contributed by atoms with van der Waals surface area (Å²) in [6.45, 7) is 3.33. The van der Waals surface area contributed by atoms with Gasteiger partial charge in [0.15, 0.2) is 0 Å². The van der Waals surface area contributed by atoms with E-state index in [2.05, 4.69) is 42.6 Å². The predicted molar refractivity (Wildman–Crippen MR) is 74.2 cm³/mol. The van der Waals surface area contributed by atoms with Crippen molar-refractivity contribution in [2.75, 3.05) is 6.54 Å². The van der Waals surface area contributed by atoms with Crippen LogP contribution < -0.4 is 5.32 Å². The maximum absolute atomic E-state index is 3.69. The first-order valence-electron chi connectivity index (χ1n) is 7.17. The van der Waals surface area contributed by atoms with Gasteiger partial charge in [-0.25, -0.2) is 0 Å². The monoisotopic (exact) mass is 231 g/mol. The van der Waals surface area contributed by atoms with Gasteiger partial charge in [0.2, 0.25) is 0 Å². The highest BCUT2D eigenvalue weighted by molar-refractivity contribution is 5.14. The maximum atomic E-state index is 3.69. The van der Waals surface area contributed by atoms with Crippen LogP contribution in [0.15, 0.2) is 30.3 Å². The summed E-state index contributed by atoms with van der Waals surface area (Å²) in [5.74, 6) is 0.929. The standard InChI is InChI=1S/C16H25N/c1-2-17-16(15-10-6-7-11-15)13-12-14-8-4-3-5-9-14/h3-5,8-9,15-17H,2,6-7,10-13H2,1H3. The zero-order valence-corrected chi connectivity index (χ0v) is 11.0. The van der Waals surface area contributed by atoms with Crippen LogP contribution in [0.5, 0.6) is 0 Å².